The number of aromatic nitrogens is 1. The quantitative estimate of drug-likeness (QED) is 0.756. The van der Waals surface area contributed by atoms with Crippen molar-refractivity contribution in [2.24, 2.45) is 5.41 Å². The van der Waals surface area contributed by atoms with Crippen LogP contribution >= 0.6 is 0 Å². The average molecular weight is 238 g/mol. The lowest BCUT2D eigenvalue weighted by Gasteiger charge is -2.17. The summed E-state index contributed by atoms with van der Waals surface area (Å²) in [4.78, 5) is 25.3. The largest absolute Gasteiger partial charge is 0.477 e. The second kappa shape index (κ2) is 4.61. The Labute approximate surface area is 100 Å². The van der Waals surface area contributed by atoms with E-state index in [-0.39, 0.29) is 17.0 Å². The molecule has 0 aliphatic heterocycles. The topological polar surface area (TPSA) is 82.2 Å². The molecule has 0 spiro atoms. The lowest BCUT2D eigenvalue weighted by molar-refractivity contribution is -0.117. The zero-order chi connectivity index (χ0) is 13.2. The zero-order valence-corrected chi connectivity index (χ0v) is 10.5. The zero-order valence-electron chi connectivity index (χ0n) is 10.5. The molecule has 0 atom stereocenters. The van der Waals surface area contributed by atoms with Crippen molar-refractivity contribution in [2.75, 3.05) is 5.32 Å². The molecule has 94 valence electrons. The van der Waals surface area contributed by atoms with E-state index in [4.69, 9.17) is 5.11 Å². The predicted octanol–water partition coefficient (Wildman–Crippen LogP) is 2.40. The SMILES string of the molecule is Cc1cc(NC(=O)CC(C)(C)C)c(C(=O)O)[nH]1. The van der Waals surface area contributed by atoms with Crippen LogP contribution < -0.4 is 5.32 Å². The number of hydrogen-bond acceptors (Lipinski definition) is 2. The number of amides is 1. The van der Waals surface area contributed by atoms with Crippen LogP contribution in [0.1, 0.15) is 43.4 Å². The normalized spacial score (nSPS) is 11.3. The number of H-pyrrole nitrogens is 1. The molecule has 5 heteroatoms. The van der Waals surface area contributed by atoms with Crippen LogP contribution in [0.25, 0.3) is 0 Å². The third-order valence-corrected chi connectivity index (χ3v) is 2.13. The van der Waals surface area contributed by atoms with Gasteiger partial charge in [0.2, 0.25) is 5.91 Å². The second-order valence-electron chi connectivity index (χ2n) is 5.33. The lowest BCUT2D eigenvalue weighted by Crippen LogP contribution is -2.20. The van der Waals surface area contributed by atoms with E-state index in [1.54, 1.807) is 13.0 Å². The number of rotatable bonds is 3. The van der Waals surface area contributed by atoms with Crippen molar-refractivity contribution in [3.05, 3.63) is 17.5 Å². The predicted molar refractivity (Wildman–Crippen MR) is 65.2 cm³/mol. The van der Waals surface area contributed by atoms with Gasteiger partial charge in [-0.15, -0.1) is 0 Å². The smallest absolute Gasteiger partial charge is 0.354 e. The van der Waals surface area contributed by atoms with Gasteiger partial charge in [0.05, 0.1) is 5.69 Å². The number of hydrogen-bond donors (Lipinski definition) is 3. The standard InChI is InChI=1S/C12H18N2O3/c1-7-5-8(10(13-7)11(16)17)14-9(15)6-12(2,3)4/h5,13H,6H2,1-4H3,(H,14,15)(H,16,17). The highest BCUT2D eigenvalue weighted by Gasteiger charge is 2.19. The second-order valence-corrected chi connectivity index (χ2v) is 5.33. The molecule has 0 saturated carbocycles. The molecule has 0 radical (unpaired) electrons. The minimum absolute atomic E-state index is 0.0183. The third-order valence-electron chi connectivity index (χ3n) is 2.13. The van der Waals surface area contributed by atoms with Crippen LogP contribution in [0.3, 0.4) is 0 Å². The van der Waals surface area contributed by atoms with Crippen LogP contribution in [0.4, 0.5) is 5.69 Å². The highest BCUT2D eigenvalue weighted by Crippen LogP contribution is 2.21. The fraction of sp³-hybridized carbons (Fsp3) is 0.500. The van der Waals surface area contributed by atoms with Crippen LogP contribution in [0.15, 0.2) is 6.07 Å². The minimum atomic E-state index is -1.08. The molecular weight excluding hydrogens is 220 g/mol. The molecule has 0 unspecified atom stereocenters. The molecule has 1 aromatic rings. The van der Waals surface area contributed by atoms with Gasteiger partial charge < -0.3 is 15.4 Å². The summed E-state index contributed by atoms with van der Waals surface area (Å²) in [6.07, 6.45) is 0.344. The fourth-order valence-corrected chi connectivity index (χ4v) is 1.53. The number of carbonyl (C=O) groups is 2. The summed E-state index contributed by atoms with van der Waals surface area (Å²) < 4.78 is 0. The molecule has 5 nitrogen and oxygen atoms in total. The molecule has 0 aromatic carbocycles. The summed E-state index contributed by atoms with van der Waals surface area (Å²) in [6, 6.07) is 1.62. The molecule has 1 amide bonds. The number of aromatic amines is 1. The first kappa shape index (κ1) is 13.3. The van der Waals surface area contributed by atoms with Crippen molar-refractivity contribution < 1.29 is 14.7 Å². The number of anilines is 1. The number of carboxylic acid groups (broad SMARTS) is 1. The third kappa shape index (κ3) is 3.94. The molecule has 0 saturated heterocycles. The summed E-state index contributed by atoms with van der Waals surface area (Å²) >= 11 is 0. The first-order valence-corrected chi connectivity index (χ1v) is 5.42. The van der Waals surface area contributed by atoms with E-state index in [0.717, 1.165) is 0 Å². The van der Waals surface area contributed by atoms with Gasteiger partial charge in [-0.2, -0.15) is 0 Å². The monoisotopic (exact) mass is 238 g/mol. The van der Waals surface area contributed by atoms with Gasteiger partial charge in [-0.05, 0) is 18.4 Å². The van der Waals surface area contributed by atoms with Gasteiger partial charge >= 0.3 is 5.97 Å². The Hall–Kier alpha value is -1.78. The molecule has 1 rings (SSSR count). The molecule has 0 bridgehead atoms. The summed E-state index contributed by atoms with van der Waals surface area (Å²) in [7, 11) is 0. The van der Waals surface area contributed by atoms with Crippen LogP contribution in [0, 0.1) is 12.3 Å². The maximum Gasteiger partial charge on any atom is 0.354 e. The van der Waals surface area contributed by atoms with Gasteiger partial charge in [0, 0.05) is 12.1 Å². The molecule has 1 aromatic heterocycles. The maximum atomic E-state index is 11.7. The van der Waals surface area contributed by atoms with E-state index in [9.17, 15) is 9.59 Å². The van der Waals surface area contributed by atoms with E-state index in [1.807, 2.05) is 20.8 Å². The fourth-order valence-electron chi connectivity index (χ4n) is 1.53. The number of carbonyl (C=O) groups excluding carboxylic acids is 1. The first-order chi connectivity index (χ1) is 7.69. The molecular formula is C12H18N2O3. The minimum Gasteiger partial charge on any atom is -0.477 e. The molecule has 1 heterocycles. The van der Waals surface area contributed by atoms with Crippen LogP contribution in [0.5, 0.6) is 0 Å². The summed E-state index contributed by atoms with van der Waals surface area (Å²) in [5.74, 6) is -1.26. The highest BCUT2D eigenvalue weighted by molar-refractivity contribution is 5.99. The van der Waals surface area contributed by atoms with Crippen molar-refractivity contribution in [2.45, 2.75) is 34.1 Å². The van der Waals surface area contributed by atoms with Crippen molar-refractivity contribution in [3.63, 3.8) is 0 Å². The molecule has 17 heavy (non-hydrogen) atoms. The Morgan fingerprint density at radius 1 is 1.41 bits per heavy atom. The van der Waals surface area contributed by atoms with E-state index >= 15 is 0 Å². The van der Waals surface area contributed by atoms with Gasteiger partial charge in [0.1, 0.15) is 5.69 Å². The molecule has 0 aliphatic rings. The van der Waals surface area contributed by atoms with Crippen LogP contribution in [0.2, 0.25) is 0 Å². The number of aromatic carboxylic acids is 1. The summed E-state index contributed by atoms with van der Waals surface area (Å²) in [5.41, 5.74) is 0.918. The van der Waals surface area contributed by atoms with Crippen molar-refractivity contribution >= 4 is 17.6 Å². The maximum absolute atomic E-state index is 11.7. The number of aryl methyl sites for hydroxylation is 1. The Morgan fingerprint density at radius 2 is 2.00 bits per heavy atom. The lowest BCUT2D eigenvalue weighted by atomic mass is 9.92. The molecule has 0 fully saturated rings. The van der Waals surface area contributed by atoms with Crippen LogP contribution in [-0.2, 0) is 4.79 Å². The van der Waals surface area contributed by atoms with Crippen molar-refractivity contribution in [3.8, 4) is 0 Å². The Balaban J connectivity index is 2.81. The van der Waals surface area contributed by atoms with Gasteiger partial charge in [-0.3, -0.25) is 4.79 Å². The van der Waals surface area contributed by atoms with Crippen molar-refractivity contribution in [1.29, 1.82) is 0 Å². The van der Waals surface area contributed by atoms with Gasteiger partial charge in [-0.25, -0.2) is 4.79 Å². The Morgan fingerprint density at radius 3 is 2.47 bits per heavy atom. The van der Waals surface area contributed by atoms with E-state index in [2.05, 4.69) is 10.3 Å². The average Bonchev–Trinajstić information content (AvgIpc) is 2.42. The van der Waals surface area contributed by atoms with Gasteiger partial charge in [0.25, 0.3) is 0 Å². The highest BCUT2D eigenvalue weighted by atomic mass is 16.4. The summed E-state index contributed by atoms with van der Waals surface area (Å²) in [6.45, 7) is 7.60. The number of carboxylic acids is 1. The van der Waals surface area contributed by atoms with E-state index in [0.29, 0.717) is 17.8 Å². The molecule has 0 aliphatic carbocycles. The summed E-state index contributed by atoms with van der Waals surface area (Å²) in [5, 5.41) is 11.6. The number of nitrogens with one attached hydrogen (secondary N) is 2. The molecule has 3 N–H and O–H groups in total. The Bertz CT molecular complexity index is 441. The first-order valence-electron chi connectivity index (χ1n) is 5.42. The van der Waals surface area contributed by atoms with Crippen molar-refractivity contribution in [1.82, 2.24) is 4.98 Å². The van der Waals surface area contributed by atoms with E-state index < -0.39 is 5.97 Å². The Kier molecular flexibility index (Phi) is 3.60. The van der Waals surface area contributed by atoms with Crippen LogP contribution in [-0.4, -0.2) is 22.0 Å². The van der Waals surface area contributed by atoms with Gasteiger partial charge in [0.15, 0.2) is 0 Å². The van der Waals surface area contributed by atoms with Gasteiger partial charge in [-0.1, -0.05) is 20.8 Å². The van der Waals surface area contributed by atoms with E-state index in [1.165, 1.54) is 0 Å².